The number of hydrogen-bond acceptors (Lipinski definition) is 2. The van der Waals surface area contributed by atoms with Gasteiger partial charge in [-0.25, -0.2) is 9.18 Å². The predicted octanol–water partition coefficient (Wildman–Crippen LogP) is 1.82. The smallest absolute Gasteiger partial charge is 0.326 e. The largest absolute Gasteiger partial charge is 0.480 e. The topological polar surface area (TPSA) is 66.4 Å². The molecule has 0 aliphatic heterocycles. The summed E-state index contributed by atoms with van der Waals surface area (Å²) in [7, 11) is 0. The van der Waals surface area contributed by atoms with Gasteiger partial charge in [-0.05, 0) is 30.2 Å². The third-order valence-electron chi connectivity index (χ3n) is 2.30. The van der Waals surface area contributed by atoms with Crippen molar-refractivity contribution in [3.8, 4) is 0 Å². The number of aliphatic carboxylic acids is 1. The zero-order valence-corrected chi connectivity index (χ0v) is 9.89. The first-order chi connectivity index (χ1) is 8.52. The molecule has 0 saturated carbocycles. The number of benzene rings is 1. The summed E-state index contributed by atoms with van der Waals surface area (Å²) in [4.78, 5) is 22.1. The molecule has 0 aliphatic carbocycles. The van der Waals surface area contributed by atoms with Crippen molar-refractivity contribution >= 4 is 18.0 Å². The molecule has 0 spiro atoms. The Kier molecular flexibility index (Phi) is 5.05. The summed E-state index contributed by atoms with van der Waals surface area (Å²) >= 11 is 0. The molecule has 0 heterocycles. The molecule has 0 fully saturated rings. The fourth-order valence-electron chi connectivity index (χ4n) is 1.34. The minimum Gasteiger partial charge on any atom is -0.480 e. The number of carboxylic acids is 1. The van der Waals surface area contributed by atoms with Crippen molar-refractivity contribution in [3.63, 3.8) is 0 Å². The van der Waals surface area contributed by atoms with Crippen LogP contribution in [0.1, 0.15) is 18.9 Å². The van der Waals surface area contributed by atoms with Crippen molar-refractivity contribution in [2.75, 3.05) is 0 Å². The summed E-state index contributed by atoms with van der Waals surface area (Å²) in [6.45, 7) is 1.66. The van der Waals surface area contributed by atoms with Crippen LogP contribution in [0.4, 0.5) is 4.39 Å². The molecule has 96 valence electrons. The van der Waals surface area contributed by atoms with E-state index in [1.54, 1.807) is 13.0 Å². The van der Waals surface area contributed by atoms with E-state index in [-0.39, 0.29) is 0 Å². The summed E-state index contributed by atoms with van der Waals surface area (Å²) in [5.41, 5.74) is 0.536. The third-order valence-corrected chi connectivity index (χ3v) is 2.30. The first-order valence-corrected chi connectivity index (χ1v) is 5.50. The minimum atomic E-state index is -1.08. The summed E-state index contributed by atoms with van der Waals surface area (Å²) in [5.74, 6) is -1.99. The number of amides is 1. The average Bonchev–Trinajstić information content (AvgIpc) is 2.33. The minimum absolute atomic E-state index is 0.300. The van der Waals surface area contributed by atoms with Crippen LogP contribution in [0.15, 0.2) is 30.3 Å². The Hall–Kier alpha value is -2.17. The van der Waals surface area contributed by atoms with Crippen LogP contribution in [-0.2, 0) is 9.59 Å². The van der Waals surface area contributed by atoms with Crippen LogP contribution in [0.5, 0.6) is 0 Å². The number of carboxylic acid groups (broad SMARTS) is 1. The van der Waals surface area contributed by atoms with Crippen LogP contribution >= 0.6 is 0 Å². The second-order valence-corrected chi connectivity index (χ2v) is 3.70. The zero-order valence-electron chi connectivity index (χ0n) is 9.89. The number of carbonyl (C=O) groups is 2. The lowest BCUT2D eigenvalue weighted by atomic mass is 10.2. The molecule has 1 aromatic rings. The zero-order chi connectivity index (χ0) is 13.5. The van der Waals surface area contributed by atoms with E-state index in [2.05, 4.69) is 5.32 Å². The normalized spacial score (nSPS) is 12.3. The summed E-state index contributed by atoms with van der Waals surface area (Å²) in [6, 6.07) is 4.84. The highest BCUT2D eigenvalue weighted by molar-refractivity contribution is 5.94. The number of carbonyl (C=O) groups excluding carboxylic acids is 1. The standard InChI is InChI=1S/C13H14FNO3/c1-2-11(13(17)18)15-12(16)7-6-9-4-3-5-10(14)8-9/h3-8,11H,2H2,1H3,(H,15,16)(H,17,18)/t11-/m1/s1. The molecule has 0 saturated heterocycles. The van der Waals surface area contributed by atoms with Crippen molar-refractivity contribution in [3.05, 3.63) is 41.7 Å². The van der Waals surface area contributed by atoms with Gasteiger partial charge in [0.1, 0.15) is 11.9 Å². The summed E-state index contributed by atoms with van der Waals surface area (Å²) < 4.78 is 12.8. The van der Waals surface area contributed by atoms with E-state index < -0.39 is 23.7 Å². The van der Waals surface area contributed by atoms with Gasteiger partial charge in [-0.15, -0.1) is 0 Å². The van der Waals surface area contributed by atoms with Crippen LogP contribution in [0.3, 0.4) is 0 Å². The molecule has 1 aromatic carbocycles. The molecule has 4 nitrogen and oxygen atoms in total. The first kappa shape index (κ1) is 13.9. The lowest BCUT2D eigenvalue weighted by molar-refractivity contribution is -0.141. The van der Waals surface area contributed by atoms with Crippen molar-refractivity contribution in [1.82, 2.24) is 5.32 Å². The van der Waals surface area contributed by atoms with Gasteiger partial charge in [0, 0.05) is 6.08 Å². The van der Waals surface area contributed by atoms with Gasteiger partial charge in [0.05, 0.1) is 0 Å². The van der Waals surface area contributed by atoms with Gasteiger partial charge >= 0.3 is 5.97 Å². The van der Waals surface area contributed by atoms with Crippen LogP contribution in [0.25, 0.3) is 6.08 Å². The second kappa shape index (κ2) is 6.54. The van der Waals surface area contributed by atoms with Gasteiger partial charge in [-0.1, -0.05) is 19.1 Å². The Morgan fingerprint density at radius 1 is 1.50 bits per heavy atom. The maximum atomic E-state index is 12.8. The van der Waals surface area contributed by atoms with Crippen LogP contribution < -0.4 is 5.32 Å². The fraction of sp³-hybridized carbons (Fsp3) is 0.231. The van der Waals surface area contributed by atoms with E-state index in [0.717, 1.165) is 0 Å². The molecule has 2 N–H and O–H groups in total. The molecule has 0 aromatic heterocycles. The SMILES string of the molecule is CC[C@@H](NC(=O)C=Cc1cccc(F)c1)C(=O)O. The molecule has 0 bridgehead atoms. The molecular weight excluding hydrogens is 237 g/mol. The monoisotopic (exact) mass is 251 g/mol. The number of halogens is 1. The molecule has 5 heteroatoms. The Labute approximate surface area is 104 Å². The molecule has 0 aliphatic rings. The first-order valence-electron chi connectivity index (χ1n) is 5.50. The van der Waals surface area contributed by atoms with Gasteiger partial charge in [0.15, 0.2) is 0 Å². The van der Waals surface area contributed by atoms with Crippen LogP contribution in [0, 0.1) is 5.82 Å². The predicted molar refractivity (Wildman–Crippen MR) is 65.3 cm³/mol. The summed E-state index contributed by atoms with van der Waals surface area (Å²) in [6.07, 6.45) is 2.90. The Bertz CT molecular complexity index is 471. The van der Waals surface area contributed by atoms with Crippen LogP contribution in [-0.4, -0.2) is 23.0 Å². The van der Waals surface area contributed by atoms with E-state index in [9.17, 15) is 14.0 Å². The number of hydrogen-bond donors (Lipinski definition) is 2. The quantitative estimate of drug-likeness (QED) is 0.784. The number of rotatable bonds is 5. The van der Waals surface area contributed by atoms with E-state index in [4.69, 9.17) is 5.11 Å². The molecule has 0 unspecified atom stereocenters. The van der Waals surface area contributed by atoms with Gasteiger partial charge in [0.25, 0.3) is 0 Å². The maximum Gasteiger partial charge on any atom is 0.326 e. The van der Waals surface area contributed by atoms with Crippen LogP contribution in [0.2, 0.25) is 0 Å². The van der Waals surface area contributed by atoms with Gasteiger partial charge < -0.3 is 10.4 Å². The maximum absolute atomic E-state index is 12.8. The molecule has 1 rings (SSSR count). The highest BCUT2D eigenvalue weighted by atomic mass is 19.1. The van der Waals surface area contributed by atoms with E-state index >= 15 is 0 Å². The highest BCUT2D eigenvalue weighted by Crippen LogP contribution is 2.05. The molecule has 0 radical (unpaired) electrons. The van der Waals surface area contributed by atoms with Gasteiger partial charge in [-0.3, -0.25) is 4.79 Å². The molecule has 1 amide bonds. The van der Waals surface area contributed by atoms with Crippen molar-refractivity contribution in [2.24, 2.45) is 0 Å². The van der Waals surface area contributed by atoms with Gasteiger partial charge in [-0.2, -0.15) is 0 Å². The van der Waals surface area contributed by atoms with E-state index in [1.165, 1.54) is 30.4 Å². The molecule has 18 heavy (non-hydrogen) atoms. The second-order valence-electron chi connectivity index (χ2n) is 3.70. The highest BCUT2D eigenvalue weighted by Gasteiger charge is 2.15. The molecular formula is C13H14FNO3. The van der Waals surface area contributed by atoms with Crippen molar-refractivity contribution in [1.29, 1.82) is 0 Å². The lowest BCUT2D eigenvalue weighted by Gasteiger charge is -2.09. The number of nitrogens with one attached hydrogen (secondary N) is 1. The van der Waals surface area contributed by atoms with E-state index in [1.807, 2.05) is 0 Å². The van der Waals surface area contributed by atoms with Gasteiger partial charge in [0.2, 0.25) is 5.91 Å². The Morgan fingerprint density at radius 3 is 2.78 bits per heavy atom. The Balaban J connectivity index is 2.62. The lowest BCUT2D eigenvalue weighted by Crippen LogP contribution is -2.39. The van der Waals surface area contributed by atoms with Crippen molar-refractivity contribution < 1.29 is 19.1 Å². The van der Waals surface area contributed by atoms with E-state index in [0.29, 0.717) is 12.0 Å². The Morgan fingerprint density at radius 2 is 2.22 bits per heavy atom. The van der Waals surface area contributed by atoms with Crippen molar-refractivity contribution in [2.45, 2.75) is 19.4 Å². The molecule has 1 atom stereocenters. The average molecular weight is 251 g/mol. The fourth-order valence-corrected chi connectivity index (χ4v) is 1.34. The third kappa shape index (κ3) is 4.37. The summed E-state index contributed by atoms with van der Waals surface area (Å²) in [5, 5.41) is 11.1.